The molecule has 100 valence electrons. The van der Waals surface area contributed by atoms with Crippen LogP contribution in [0.25, 0.3) is 0 Å². The molecule has 1 aliphatic rings. The molecule has 2 rings (SSSR count). The lowest BCUT2D eigenvalue weighted by molar-refractivity contribution is 0.404. The van der Waals surface area contributed by atoms with Crippen LogP contribution in [0.5, 0.6) is 5.75 Å². The maximum Gasteiger partial charge on any atom is 0.123 e. The standard InChI is InChI=1S/C15H20ClFO/c1-18-15-9-7-12(17)10-13(15)14(16)8-6-11-4-2-3-5-11/h7,9-11,14H,2-6,8H2,1H3. The summed E-state index contributed by atoms with van der Waals surface area (Å²) in [6.07, 6.45) is 7.37. The van der Waals surface area contributed by atoms with Gasteiger partial charge in [-0.05, 0) is 37.0 Å². The van der Waals surface area contributed by atoms with Crippen LogP contribution in [0.3, 0.4) is 0 Å². The molecule has 0 bridgehead atoms. The van der Waals surface area contributed by atoms with Gasteiger partial charge in [0.15, 0.2) is 0 Å². The molecule has 1 atom stereocenters. The minimum absolute atomic E-state index is 0.156. The van der Waals surface area contributed by atoms with Crippen molar-refractivity contribution >= 4 is 11.6 Å². The Morgan fingerprint density at radius 3 is 2.78 bits per heavy atom. The second kappa shape index (κ2) is 6.42. The number of alkyl halides is 1. The van der Waals surface area contributed by atoms with E-state index in [-0.39, 0.29) is 11.2 Å². The van der Waals surface area contributed by atoms with E-state index < -0.39 is 0 Å². The number of halogens is 2. The molecule has 3 heteroatoms. The molecule has 0 heterocycles. The third-order valence-electron chi connectivity index (χ3n) is 3.83. The van der Waals surface area contributed by atoms with Crippen molar-refractivity contribution in [2.24, 2.45) is 5.92 Å². The number of methoxy groups -OCH3 is 1. The largest absolute Gasteiger partial charge is 0.496 e. The molecule has 18 heavy (non-hydrogen) atoms. The van der Waals surface area contributed by atoms with E-state index in [1.54, 1.807) is 13.2 Å². The van der Waals surface area contributed by atoms with Crippen LogP contribution in [-0.2, 0) is 0 Å². The Morgan fingerprint density at radius 2 is 2.11 bits per heavy atom. The zero-order valence-corrected chi connectivity index (χ0v) is 11.5. The summed E-state index contributed by atoms with van der Waals surface area (Å²) in [4.78, 5) is 0. The van der Waals surface area contributed by atoms with Gasteiger partial charge in [0.1, 0.15) is 11.6 Å². The number of rotatable bonds is 5. The van der Waals surface area contributed by atoms with Crippen LogP contribution >= 0.6 is 11.6 Å². The van der Waals surface area contributed by atoms with E-state index in [0.717, 1.165) is 24.3 Å². The van der Waals surface area contributed by atoms with Crippen molar-refractivity contribution < 1.29 is 9.13 Å². The van der Waals surface area contributed by atoms with Crippen LogP contribution in [0.2, 0.25) is 0 Å². The Balaban J connectivity index is 1.98. The molecule has 0 spiro atoms. The van der Waals surface area contributed by atoms with Crippen molar-refractivity contribution in [2.45, 2.75) is 43.9 Å². The highest BCUT2D eigenvalue weighted by atomic mass is 35.5. The zero-order chi connectivity index (χ0) is 13.0. The van der Waals surface area contributed by atoms with Gasteiger partial charge in [0, 0.05) is 5.56 Å². The zero-order valence-electron chi connectivity index (χ0n) is 10.8. The number of hydrogen-bond donors (Lipinski definition) is 0. The van der Waals surface area contributed by atoms with Crippen LogP contribution < -0.4 is 4.74 Å². The summed E-state index contributed by atoms with van der Waals surface area (Å²) >= 11 is 6.39. The van der Waals surface area contributed by atoms with Crippen LogP contribution in [0, 0.1) is 11.7 Å². The highest BCUT2D eigenvalue weighted by Gasteiger charge is 2.19. The highest BCUT2D eigenvalue weighted by molar-refractivity contribution is 6.21. The van der Waals surface area contributed by atoms with Gasteiger partial charge >= 0.3 is 0 Å². The molecule has 0 radical (unpaired) electrons. The van der Waals surface area contributed by atoms with Crippen LogP contribution in [-0.4, -0.2) is 7.11 Å². The molecule has 1 nitrogen and oxygen atoms in total. The molecule has 1 fully saturated rings. The third kappa shape index (κ3) is 3.38. The predicted molar refractivity (Wildman–Crippen MR) is 72.7 cm³/mol. The van der Waals surface area contributed by atoms with E-state index in [4.69, 9.17) is 16.3 Å². The number of hydrogen-bond acceptors (Lipinski definition) is 1. The molecule has 0 saturated heterocycles. The van der Waals surface area contributed by atoms with Crippen molar-refractivity contribution in [3.05, 3.63) is 29.6 Å². The van der Waals surface area contributed by atoms with E-state index in [2.05, 4.69) is 0 Å². The van der Waals surface area contributed by atoms with Gasteiger partial charge in [0.25, 0.3) is 0 Å². The SMILES string of the molecule is COc1ccc(F)cc1C(Cl)CCC1CCCC1. The fraction of sp³-hybridized carbons (Fsp3) is 0.600. The van der Waals surface area contributed by atoms with E-state index in [1.165, 1.54) is 37.8 Å². The van der Waals surface area contributed by atoms with Crippen molar-refractivity contribution in [3.8, 4) is 5.75 Å². The molecule has 1 aromatic carbocycles. The smallest absolute Gasteiger partial charge is 0.123 e. The average molecular weight is 271 g/mol. The number of ether oxygens (including phenoxy) is 1. The van der Waals surface area contributed by atoms with Gasteiger partial charge in [0.05, 0.1) is 12.5 Å². The first kappa shape index (κ1) is 13.7. The molecular formula is C15H20ClFO. The van der Waals surface area contributed by atoms with Gasteiger partial charge in [-0.25, -0.2) is 4.39 Å². The Kier molecular flexibility index (Phi) is 4.87. The predicted octanol–water partition coefficient (Wildman–Crippen LogP) is 5.08. The summed E-state index contributed by atoms with van der Waals surface area (Å²) in [7, 11) is 1.59. The van der Waals surface area contributed by atoms with Gasteiger partial charge in [-0.2, -0.15) is 0 Å². The first-order valence-electron chi connectivity index (χ1n) is 6.68. The molecule has 0 aromatic heterocycles. The second-order valence-corrected chi connectivity index (χ2v) is 5.61. The van der Waals surface area contributed by atoms with Crippen molar-refractivity contribution in [3.63, 3.8) is 0 Å². The molecule has 0 aliphatic heterocycles. The Hall–Kier alpha value is -0.760. The summed E-state index contributed by atoms with van der Waals surface area (Å²) < 4.78 is 18.5. The summed E-state index contributed by atoms with van der Waals surface area (Å²) in [5.41, 5.74) is 0.775. The topological polar surface area (TPSA) is 9.23 Å². The number of benzene rings is 1. The minimum atomic E-state index is -0.252. The summed E-state index contributed by atoms with van der Waals surface area (Å²) in [6.45, 7) is 0. The molecule has 1 saturated carbocycles. The quantitative estimate of drug-likeness (QED) is 0.678. The first-order valence-corrected chi connectivity index (χ1v) is 7.12. The Morgan fingerprint density at radius 1 is 1.39 bits per heavy atom. The van der Waals surface area contributed by atoms with E-state index >= 15 is 0 Å². The molecule has 0 amide bonds. The van der Waals surface area contributed by atoms with E-state index in [9.17, 15) is 4.39 Å². The third-order valence-corrected chi connectivity index (χ3v) is 4.29. The van der Waals surface area contributed by atoms with Gasteiger partial charge in [0.2, 0.25) is 0 Å². The van der Waals surface area contributed by atoms with Gasteiger partial charge in [-0.1, -0.05) is 25.7 Å². The van der Waals surface area contributed by atoms with Crippen molar-refractivity contribution in [1.82, 2.24) is 0 Å². The lowest BCUT2D eigenvalue weighted by atomic mass is 9.97. The average Bonchev–Trinajstić information content (AvgIpc) is 2.89. The van der Waals surface area contributed by atoms with Crippen molar-refractivity contribution in [2.75, 3.05) is 7.11 Å². The second-order valence-electron chi connectivity index (χ2n) is 5.08. The van der Waals surface area contributed by atoms with E-state index in [1.807, 2.05) is 0 Å². The normalized spacial score (nSPS) is 17.9. The van der Waals surface area contributed by atoms with Crippen LogP contribution in [0.15, 0.2) is 18.2 Å². The van der Waals surface area contributed by atoms with Crippen molar-refractivity contribution in [1.29, 1.82) is 0 Å². The molecule has 1 unspecified atom stereocenters. The maximum absolute atomic E-state index is 13.3. The van der Waals surface area contributed by atoms with E-state index in [0.29, 0.717) is 5.75 Å². The van der Waals surface area contributed by atoms with Crippen LogP contribution in [0.4, 0.5) is 4.39 Å². The lowest BCUT2D eigenvalue weighted by Gasteiger charge is -2.16. The maximum atomic E-state index is 13.3. The Labute approximate surface area is 113 Å². The lowest BCUT2D eigenvalue weighted by Crippen LogP contribution is -2.00. The molecule has 0 N–H and O–H groups in total. The van der Waals surface area contributed by atoms with Gasteiger partial charge in [-0.3, -0.25) is 0 Å². The van der Waals surface area contributed by atoms with Gasteiger partial charge < -0.3 is 4.74 Å². The summed E-state index contributed by atoms with van der Waals surface area (Å²) in [5.74, 6) is 1.24. The summed E-state index contributed by atoms with van der Waals surface area (Å²) in [6, 6.07) is 4.55. The minimum Gasteiger partial charge on any atom is -0.496 e. The molecular weight excluding hydrogens is 251 g/mol. The van der Waals surface area contributed by atoms with Crippen LogP contribution in [0.1, 0.15) is 49.5 Å². The summed E-state index contributed by atoms with van der Waals surface area (Å²) in [5, 5.41) is -0.156. The molecule has 1 aromatic rings. The fourth-order valence-corrected chi connectivity index (χ4v) is 3.08. The Bertz CT molecular complexity index is 388. The first-order chi connectivity index (χ1) is 8.70. The van der Waals surface area contributed by atoms with Gasteiger partial charge in [-0.15, -0.1) is 11.6 Å². The fourth-order valence-electron chi connectivity index (χ4n) is 2.79. The molecule has 1 aliphatic carbocycles. The monoisotopic (exact) mass is 270 g/mol. The highest BCUT2D eigenvalue weighted by Crippen LogP contribution is 2.37.